The fourth-order valence-electron chi connectivity index (χ4n) is 3.53. The minimum absolute atomic E-state index is 0.0444. The van der Waals surface area contributed by atoms with Gasteiger partial charge in [0.15, 0.2) is 0 Å². The van der Waals surface area contributed by atoms with Crippen molar-refractivity contribution >= 4 is 28.8 Å². The van der Waals surface area contributed by atoms with Gasteiger partial charge in [-0.15, -0.1) is 0 Å². The number of imide groups is 1. The number of nitrogens with zero attached hydrogens (tertiary/aromatic N) is 1. The van der Waals surface area contributed by atoms with Crippen molar-refractivity contribution in [1.29, 1.82) is 0 Å². The van der Waals surface area contributed by atoms with Gasteiger partial charge >= 0.3 is 6.18 Å². The predicted molar refractivity (Wildman–Crippen MR) is 119 cm³/mol. The molecule has 1 N–H and O–H groups in total. The number of rotatable bonds is 6. The Morgan fingerprint density at radius 1 is 0.879 bits per heavy atom. The SMILES string of the molecule is CCOc1ccc(N2C(=O)C(Nc3cccc(C(F)(F)F)c3)=C(c3ccccc3)C2=O)cc1. The highest BCUT2D eigenvalue weighted by molar-refractivity contribution is 6.46. The van der Waals surface area contributed by atoms with Crippen molar-refractivity contribution in [3.05, 3.63) is 95.7 Å². The van der Waals surface area contributed by atoms with E-state index in [0.29, 0.717) is 23.6 Å². The summed E-state index contributed by atoms with van der Waals surface area (Å²) in [5, 5.41) is 2.76. The van der Waals surface area contributed by atoms with Crippen molar-refractivity contribution in [3.8, 4) is 5.75 Å². The van der Waals surface area contributed by atoms with E-state index in [2.05, 4.69) is 5.32 Å². The van der Waals surface area contributed by atoms with E-state index >= 15 is 0 Å². The maximum Gasteiger partial charge on any atom is 0.416 e. The third-order valence-electron chi connectivity index (χ3n) is 5.01. The second kappa shape index (κ2) is 8.82. The normalized spacial score (nSPS) is 14.1. The molecule has 3 aromatic rings. The number of benzene rings is 3. The zero-order valence-electron chi connectivity index (χ0n) is 17.5. The summed E-state index contributed by atoms with van der Waals surface area (Å²) in [6, 6.07) is 19.4. The molecule has 0 aliphatic carbocycles. The smallest absolute Gasteiger partial charge is 0.416 e. The van der Waals surface area contributed by atoms with Crippen molar-refractivity contribution in [2.75, 3.05) is 16.8 Å². The van der Waals surface area contributed by atoms with Crippen LogP contribution in [0, 0.1) is 0 Å². The van der Waals surface area contributed by atoms with Crippen molar-refractivity contribution in [3.63, 3.8) is 0 Å². The zero-order chi connectivity index (χ0) is 23.6. The first-order chi connectivity index (χ1) is 15.8. The molecule has 0 atom stereocenters. The second-order valence-electron chi connectivity index (χ2n) is 7.19. The third-order valence-corrected chi connectivity index (χ3v) is 5.01. The molecule has 0 radical (unpaired) electrons. The van der Waals surface area contributed by atoms with Gasteiger partial charge in [0.1, 0.15) is 11.4 Å². The summed E-state index contributed by atoms with van der Waals surface area (Å²) in [7, 11) is 0. The summed E-state index contributed by atoms with van der Waals surface area (Å²) >= 11 is 0. The van der Waals surface area contributed by atoms with Gasteiger partial charge in [-0.05, 0) is 55.0 Å². The van der Waals surface area contributed by atoms with Crippen molar-refractivity contribution in [1.82, 2.24) is 0 Å². The van der Waals surface area contributed by atoms with Crippen molar-refractivity contribution in [2.45, 2.75) is 13.1 Å². The van der Waals surface area contributed by atoms with Crippen LogP contribution >= 0.6 is 0 Å². The lowest BCUT2D eigenvalue weighted by atomic mass is 10.0. The zero-order valence-corrected chi connectivity index (χ0v) is 17.5. The summed E-state index contributed by atoms with van der Waals surface area (Å²) in [5.74, 6) is -0.663. The van der Waals surface area contributed by atoms with Crippen LogP contribution in [-0.4, -0.2) is 18.4 Å². The van der Waals surface area contributed by atoms with Gasteiger partial charge in [-0.25, -0.2) is 4.90 Å². The van der Waals surface area contributed by atoms with Crippen LogP contribution in [0.5, 0.6) is 5.75 Å². The molecular formula is C25H19F3N2O3. The van der Waals surface area contributed by atoms with Gasteiger partial charge in [-0.1, -0.05) is 36.4 Å². The molecule has 4 rings (SSSR count). The Balaban J connectivity index is 1.75. The molecule has 0 aromatic heterocycles. The van der Waals surface area contributed by atoms with Crippen LogP contribution in [0.1, 0.15) is 18.1 Å². The van der Waals surface area contributed by atoms with Gasteiger partial charge in [0.05, 0.1) is 23.4 Å². The van der Waals surface area contributed by atoms with E-state index in [1.54, 1.807) is 54.6 Å². The molecule has 2 amide bonds. The molecule has 8 heteroatoms. The summed E-state index contributed by atoms with van der Waals surface area (Å²) < 4.78 is 44.9. The Labute approximate surface area is 188 Å². The summed E-state index contributed by atoms with van der Waals surface area (Å²) in [6.07, 6.45) is -4.54. The second-order valence-corrected chi connectivity index (χ2v) is 7.19. The van der Waals surface area contributed by atoms with Gasteiger partial charge in [-0.2, -0.15) is 13.2 Å². The first-order valence-corrected chi connectivity index (χ1v) is 10.1. The molecule has 3 aromatic carbocycles. The highest BCUT2D eigenvalue weighted by Crippen LogP contribution is 2.36. The predicted octanol–water partition coefficient (Wildman–Crippen LogP) is 5.50. The van der Waals surface area contributed by atoms with Crippen LogP contribution in [-0.2, 0) is 15.8 Å². The third kappa shape index (κ3) is 4.45. The topological polar surface area (TPSA) is 58.6 Å². The number of hydrogen-bond donors (Lipinski definition) is 1. The largest absolute Gasteiger partial charge is 0.494 e. The first kappa shape index (κ1) is 22.1. The Hall–Kier alpha value is -4.07. The van der Waals surface area contributed by atoms with E-state index in [9.17, 15) is 22.8 Å². The van der Waals surface area contributed by atoms with Crippen LogP contribution in [0.15, 0.2) is 84.6 Å². The lowest BCUT2D eigenvalue weighted by Crippen LogP contribution is -2.32. The molecule has 0 bridgehead atoms. The number of hydrogen-bond acceptors (Lipinski definition) is 4. The maximum absolute atomic E-state index is 13.4. The fourth-order valence-corrected chi connectivity index (χ4v) is 3.53. The van der Waals surface area contributed by atoms with Crippen LogP contribution in [0.25, 0.3) is 5.57 Å². The molecule has 0 unspecified atom stereocenters. The van der Waals surface area contributed by atoms with E-state index in [4.69, 9.17) is 4.74 Å². The van der Waals surface area contributed by atoms with E-state index in [-0.39, 0.29) is 17.0 Å². The minimum atomic E-state index is -4.54. The molecule has 168 valence electrons. The number of anilines is 2. The Kier molecular flexibility index (Phi) is 5.91. The Bertz CT molecular complexity index is 1220. The Morgan fingerprint density at radius 2 is 1.58 bits per heavy atom. The summed E-state index contributed by atoms with van der Waals surface area (Å²) in [6.45, 7) is 2.30. The standard InChI is InChI=1S/C25H19F3N2O3/c1-2-33-20-13-11-19(12-14-20)30-23(31)21(16-7-4-3-5-8-16)22(24(30)32)29-18-10-6-9-17(15-18)25(26,27)28/h3-15,29H,2H2,1H3. The number of halogens is 3. The van der Waals surface area contributed by atoms with Gasteiger partial charge in [0.2, 0.25) is 0 Å². The molecule has 5 nitrogen and oxygen atoms in total. The van der Waals surface area contributed by atoms with Gasteiger partial charge < -0.3 is 10.1 Å². The molecular weight excluding hydrogens is 433 g/mol. The molecule has 1 aliphatic heterocycles. The molecule has 0 saturated heterocycles. The number of nitrogens with one attached hydrogen (secondary N) is 1. The highest BCUT2D eigenvalue weighted by atomic mass is 19.4. The van der Waals surface area contributed by atoms with Crippen molar-refractivity contribution < 1.29 is 27.5 Å². The number of alkyl halides is 3. The van der Waals surface area contributed by atoms with Gasteiger partial charge in [0.25, 0.3) is 11.8 Å². The van der Waals surface area contributed by atoms with Crippen LogP contribution in [0.4, 0.5) is 24.5 Å². The molecule has 1 heterocycles. The fraction of sp³-hybridized carbons (Fsp3) is 0.120. The number of amides is 2. The Morgan fingerprint density at radius 3 is 2.21 bits per heavy atom. The summed E-state index contributed by atoms with van der Waals surface area (Å²) in [5.41, 5.74) is -0.0507. The average Bonchev–Trinajstić information content (AvgIpc) is 3.04. The quantitative estimate of drug-likeness (QED) is 0.502. The average molecular weight is 452 g/mol. The first-order valence-electron chi connectivity index (χ1n) is 10.1. The van der Waals surface area contributed by atoms with E-state index in [1.165, 1.54) is 12.1 Å². The highest BCUT2D eigenvalue weighted by Gasteiger charge is 2.40. The van der Waals surface area contributed by atoms with Crippen LogP contribution in [0.3, 0.4) is 0 Å². The van der Waals surface area contributed by atoms with Crippen molar-refractivity contribution in [2.24, 2.45) is 0 Å². The number of carbonyl (C=O) groups excluding carboxylic acids is 2. The van der Waals surface area contributed by atoms with Crippen LogP contribution in [0.2, 0.25) is 0 Å². The maximum atomic E-state index is 13.4. The molecule has 1 aliphatic rings. The number of carbonyl (C=O) groups is 2. The monoisotopic (exact) mass is 452 g/mol. The van der Waals surface area contributed by atoms with E-state index in [1.807, 2.05) is 6.92 Å². The lowest BCUT2D eigenvalue weighted by Gasteiger charge is -2.16. The lowest BCUT2D eigenvalue weighted by molar-refractivity contribution is -0.137. The number of ether oxygens (including phenoxy) is 1. The molecule has 33 heavy (non-hydrogen) atoms. The van der Waals surface area contributed by atoms with E-state index < -0.39 is 23.6 Å². The molecule has 0 saturated carbocycles. The summed E-state index contributed by atoms with van der Waals surface area (Å²) in [4.78, 5) is 27.7. The molecule has 0 fully saturated rings. The minimum Gasteiger partial charge on any atom is -0.494 e. The molecule has 0 spiro atoms. The van der Waals surface area contributed by atoms with Gasteiger partial charge in [0, 0.05) is 5.69 Å². The van der Waals surface area contributed by atoms with E-state index in [0.717, 1.165) is 17.0 Å². The van der Waals surface area contributed by atoms with Gasteiger partial charge in [-0.3, -0.25) is 9.59 Å². The van der Waals surface area contributed by atoms with Crippen LogP contribution < -0.4 is 15.0 Å².